The number of likely N-dealkylation sites (tertiary alicyclic amines) is 1. The Balaban J connectivity index is 1.66. The summed E-state index contributed by atoms with van der Waals surface area (Å²) in [6.45, 7) is 3.37. The molecule has 0 aromatic heterocycles. The van der Waals surface area contributed by atoms with E-state index in [1.165, 1.54) is 0 Å². The Bertz CT molecular complexity index is 571. The van der Waals surface area contributed by atoms with Crippen molar-refractivity contribution in [2.45, 2.75) is 63.7 Å². The fourth-order valence-corrected chi connectivity index (χ4v) is 3.80. The second-order valence-corrected chi connectivity index (χ2v) is 7.39. The monoisotopic (exact) mass is 346 g/mol. The first-order valence-electron chi connectivity index (χ1n) is 9.41. The van der Waals surface area contributed by atoms with Gasteiger partial charge in [0.2, 0.25) is 5.91 Å². The maximum Gasteiger partial charge on any atom is 0.237 e. The zero-order chi connectivity index (χ0) is 17.8. The van der Waals surface area contributed by atoms with Crippen molar-refractivity contribution in [1.82, 2.24) is 9.80 Å². The molecule has 1 aromatic rings. The summed E-state index contributed by atoms with van der Waals surface area (Å²) in [7, 11) is 1.66. The number of piperidine rings is 1. The Kier molecular flexibility index (Phi) is 5.97. The molecular weight excluding hydrogens is 316 g/mol. The third-order valence-electron chi connectivity index (χ3n) is 5.54. The zero-order valence-corrected chi connectivity index (χ0v) is 15.4. The number of aliphatic hydroxyl groups excluding tert-OH is 1. The molecule has 5 heteroatoms. The van der Waals surface area contributed by atoms with Gasteiger partial charge in [0.25, 0.3) is 0 Å². The summed E-state index contributed by atoms with van der Waals surface area (Å²) in [5.41, 5.74) is 1.13. The van der Waals surface area contributed by atoms with Crippen molar-refractivity contribution in [2.24, 2.45) is 0 Å². The number of hydrogen-bond donors (Lipinski definition) is 1. The molecule has 1 aliphatic heterocycles. The van der Waals surface area contributed by atoms with Crippen LogP contribution >= 0.6 is 0 Å². The van der Waals surface area contributed by atoms with Crippen LogP contribution in [0.4, 0.5) is 0 Å². The highest BCUT2D eigenvalue weighted by Crippen LogP contribution is 2.30. The van der Waals surface area contributed by atoms with Gasteiger partial charge in [0, 0.05) is 24.7 Å². The average molecular weight is 346 g/mol. The predicted molar refractivity (Wildman–Crippen MR) is 97.5 cm³/mol. The molecule has 1 aliphatic carbocycles. The highest BCUT2D eigenvalue weighted by Gasteiger charge is 2.35. The lowest BCUT2D eigenvalue weighted by Gasteiger charge is -2.40. The quantitative estimate of drug-likeness (QED) is 0.824. The zero-order valence-electron chi connectivity index (χ0n) is 15.4. The van der Waals surface area contributed by atoms with Crippen molar-refractivity contribution < 1.29 is 14.6 Å². The first kappa shape index (κ1) is 18.2. The molecule has 2 atom stereocenters. The molecule has 1 heterocycles. The Morgan fingerprint density at radius 1 is 1.24 bits per heavy atom. The van der Waals surface area contributed by atoms with E-state index < -0.39 is 0 Å². The third kappa shape index (κ3) is 4.53. The number of carbonyl (C=O) groups is 1. The molecule has 0 radical (unpaired) electrons. The first-order chi connectivity index (χ1) is 12.1. The van der Waals surface area contributed by atoms with E-state index in [9.17, 15) is 9.90 Å². The van der Waals surface area contributed by atoms with Crippen molar-refractivity contribution >= 4 is 5.91 Å². The molecule has 2 unspecified atom stereocenters. The first-order valence-corrected chi connectivity index (χ1v) is 9.41. The molecule has 1 saturated carbocycles. The molecular formula is C20H30N2O3. The maximum atomic E-state index is 13.0. The van der Waals surface area contributed by atoms with Gasteiger partial charge in [0.05, 0.1) is 20.3 Å². The predicted octanol–water partition coefficient (Wildman–Crippen LogP) is 2.42. The Morgan fingerprint density at radius 3 is 2.56 bits per heavy atom. The number of hydrogen-bond acceptors (Lipinski definition) is 4. The van der Waals surface area contributed by atoms with Crippen LogP contribution < -0.4 is 4.74 Å². The largest absolute Gasteiger partial charge is 0.497 e. The molecule has 138 valence electrons. The fraction of sp³-hybridized carbons (Fsp3) is 0.650. The van der Waals surface area contributed by atoms with Gasteiger partial charge in [-0.1, -0.05) is 18.6 Å². The van der Waals surface area contributed by atoms with Crippen LogP contribution in [0.2, 0.25) is 0 Å². The molecule has 0 bridgehead atoms. The van der Waals surface area contributed by atoms with Gasteiger partial charge in [-0.2, -0.15) is 0 Å². The van der Waals surface area contributed by atoms with Gasteiger partial charge in [-0.05, 0) is 50.3 Å². The summed E-state index contributed by atoms with van der Waals surface area (Å²) in [4.78, 5) is 17.2. The maximum absolute atomic E-state index is 13.0. The van der Waals surface area contributed by atoms with Crippen LogP contribution in [0, 0.1) is 0 Å². The van der Waals surface area contributed by atoms with E-state index in [0.29, 0.717) is 25.2 Å². The summed E-state index contributed by atoms with van der Waals surface area (Å²) < 4.78 is 5.21. The van der Waals surface area contributed by atoms with Crippen molar-refractivity contribution in [1.29, 1.82) is 0 Å². The van der Waals surface area contributed by atoms with Crippen molar-refractivity contribution in [3.63, 3.8) is 0 Å². The van der Waals surface area contributed by atoms with Crippen molar-refractivity contribution in [3.8, 4) is 5.75 Å². The number of rotatable bonds is 7. The van der Waals surface area contributed by atoms with Crippen LogP contribution in [0.25, 0.3) is 0 Å². The lowest BCUT2D eigenvalue weighted by atomic mass is 9.97. The molecule has 1 N–H and O–H groups in total. The average Bonchev–Trinajstić information content (AvgIpc) is 3.46. The molecule has 1 amide bonds. The number of amides is 1. The molecule has 2 fully saturated rings. The van der Waals surface area contributed by atoms with Gasteiger partial charge >= 0.3 is 0 Å². The number of methoxy groups -OCH3 is 1. The van der Waals surface area contributed by atoms with E-state index in [2.05, 4.69) is 11.8 Å². The molecule has 25 heavy (non-hydrogen) atoms. The molecule has 3 rings (SSSR count). The van der Waals surface area contributed by atoms with E-state index in [1.54, 1.807) is 7.11 Å². The van der Waals surface area contributed by atoms with E-state index >= 15 is 0 Å². The van der Waals surface area contributed by atoms with Crippen LogP contribution in [0.15, 0.2) is 24.3 Å². The lowest BCUT2D eigenvalue weighted by molar-refractivity contribution is -0.135. The highest BCUT2D eigenvalue weighted by molar-refractivity contribution is 5.79. The minimum Gasteiger partial charge on any atom is -0.497 e. The Labute approximate surface area is 150 Å². The summed E-state index contributed by atoms with van der Waals surface area (Å²) >= 11 is 0. The van der Waals surface area contributed by atoms with Gasteiger partial charge < -0.3 is 14.7 Å². The highest BCUT2D eigenvalue weighted by atomic mass is 16.5. The van der Waals surface area contributed by atoms with Crippen LogP contribution in [0.1, 0.15) is 44.6 Å². The van der Waals surface area contributed by atoms with Gasteiger partial charge in [0.15, 0.2) is 0 Å². The summed E-state index contributed by atoms with van der Waals surface area (Å²) in [5, 5.41) is 9.66. The standard InChI is InChI=1S/C20H30N2O3/c1-15-4-3-5-18(14-23)21(15)13-20(24)22(17-8-9-17)12-16-6-10-19(25-2)11-7-16/h6-7,10-11,15,17-18,23H,3-5,8-9,12-14H2,1-2H3. The molecule has 1 aromatic carbocycles. The van der Waals surface area contributed by atoms with E-state index in [1.807, 2.05) is 29.2 Å². The number of ether oxygens (including phenoxy) is 1. The third-order valence-corrected chi connectivity index (χ3v) is 5.54. The molecule has 1 saturated heterocycles. The topological polar surface area (TPSA) is 53.0 Å². The van der Waals surface area contributed by atoms with Gasteiger partial charge in [-0.15, -0.1) is 0 Å². The van der Waals surface area contributed by atoms with Gasteiger partial charge in [0.1, 0.15) is 5.75 Å². The lowest BCUT2D eigenvalue weighted by Crippen LogP contribution is -2.52. The van der Waals surface area contributed by atoms with E-state index in [4.69, 9.17) is 4.74 Å². The van der Waals surface area contributed by atoms with Gasteiger partial charge in [-0.3, -0.25) is 9.69 Å². The van der Waals surface area contributed by atoms with Crippen LogP contribution in [-0.4, -0.2) is 59.2 Å². The number of benzene rings is 1. The number of aliphatic hydroxyl groups is 1. The minimum absolute atomic E-state index is 0.120. The second-order valence-electron chi connectivity index (χ2n) is 7.39. The summed E-state index contributed by atoms with van der Waals surface area (Å²) in [6, 6.07) is 8.80. The molecule has 2 aliphatic rings. The molecule has 5 nitrogen and oxygen atoms in total. The molecule has 0 spiro atoms. The normalized spacial score (nSPS) is 24.1. The summed E-state index contributed by atoms with van der Waals surface area (Å²) in [6.07, 6.45) is 5.42. The summed E-state index contributed by atoms with van der Waals surface area (Å²) in [5.74, 6) is 1.02. The van der Waals surface area contributed by atoms with Crippen LogP contribution in [0.3, 0.4) is 0 Å². The Morgan fingerprint density at radius 2 is 1.96 bits per heavy atom. The van der Waals surface area contributed by atoms with Crippen LogP contribution in [0.5, 0.6) is 5.75 Å². The van der Waals surface area contributed by atoms with E-state index in [0.717, 1.165) is 43.4 Å². The van der Waals surface area contributed by atoms with Crippen molar-refractivity contribution in [3.05, 3.63) is 29.8 Å². The minimum atomic E-state index is 0.120. The van der Waals surface area contributed by atoms with Gasteiger partial charge in [-0.25, -0.2) is 0 Å². The second kappa shape index (κ2) is 8.19. The SMILES string of the molecule is COc1ccc(CN(C(=O)CN2C(C)CCCC2CO)C2CC2)cc1. The Hall–Kier alpha value is -1.59. The smallest absolute Gasteiger partial charge is 0.237 e. The van der Waals surface area contributed by atoms with E-state index in [-0.39, 0.29) is 18.6 Å². The number of carbonyl (C=O) groups excluding carboxylic acids is 1. The van der Waals surface area contributed by atoms with Crippen LogP contribution in [-0.2, 0) is 11.3 Å². The number of nitrogens with zero attached hydrogens (tertiary/aromatic N) is 2. The van der Waals surface area contributed by atoms with Crippen molar-refractivity contribution in [2.75, 3.05) is 20.3 Å². The fourth-order valence-electron chi connectivity index (χ4n) is 3.80.